The zero-order chi connectivity index (χ0) is 14.8. The van der Waals surface area contributed by atoms with Crippen LogP contribution in [0.5, 0.6) is 0 Å². The summed E-state index contributed by atoms with van der Waals surface area (Å²) in [5.41, 5.74) is 2.58. The summed E-state index contributed by atoms with van der Waals surface area (Å²) in [6.45, 7) is 5.22. The van der Waals surface area contributed by atoms with Crippen molar-refractivity contribution >= 4 is 21.7 Å². The predicted octanol–water partition coefficient (Wildman–Crippen LogP) is 3.65. The molecule has 1 aliphatic rings. The predicted molar refractivity (Wildman–Crippen MR) is 90.7 cm³/mol. The van der Waals surface area contributed by atoms with Gasteiger partial charge >= 0.3 is 0 Å². The van der Waals surface area contributed by atoms with Crippen LogP contribution in [-0.4, -0.2) is 36.6 Å². The summed E-state index contributed by atoms with van der Waals surface area (Å²) in [7, 11) is 2.19. The lowest BCUT2D eigenvalue weighted by molar-refractivity contribution is 0.268. The number of pyridine rings is 1. The largest absolute Gasteiger partial charge is 0.347 e. The van der Waals surface area contributed by atoms with Gasteiger partial charge < -0.3 is 9.80 Å². The molecule has 0 N–H and O–H groups in total. The number of aryl methyl sites for hydroxylation is 1. The molecular formula is C17H20BrN3. The number of likely N-dealkylation sites (N-methyl/N-ethyl adjacent to an activating group) is 1. The van der Waals surface area contributed by atoms with Gasteiger partial charge in [0, 0.05) is 30.3 Å². The Labute approximate surface area is 134 Å². The van der Waals surface area contributed by atoms with Gasteiger partial charge in [-0.1, -0.05) is 30.3 Å². The summed E-state index contributed by atoms with van der Waals surface area (Å²) < 4.78 is 1.07. The fraction of sp³-hybridized carbons (Fsp3) is 0.353. The highest BCUT2D eigenvalue weighted by Gasteiger charge is 2.27. The van der Waals surface area contributed by atoms with Gasteiger partial charge in [-0.3, -0.25) is 0 Å². The average molecular weight is 346 g/mol. The summed E-state index contributed by atoms with van der Waals surface area (Å²) in [5.74, 6) is 1.07. The first-order valence-corrected chi connectivity index (χ1v) is 8.07. The van der Waals surface area contributed by atoms with Gasteiger partial charge in [0.1, 0.15) is 5.82 Å². The van der Waals surface area contributed by atoms with Crippen molar-refractivity contribution < 1.29 is 0 Å². The molecule has 0 bridgehead atoms. The fourth-order valence-electron chi connectivity index (χ4n) is 2.84. The second-order valence-electron chi connectivity index (χ2n) is 5.67. The number of hydrogen-bond acceptors (Lipinski definition) is 3. The highest BCUT2D eigenvalue weighted by atomic mass is 79.9. The molecule has 1 aliphatic heterocycles. The molecule has 1 saturated heterocycles. The van der Waals surface area contributed by atoms with E-state index < -0.39 is 0 Å². The molecule has 1 aromatic carbocycles. The summed E-state index contributed by atoms with van der Waals surface area (Å²) >= 11 is 3.53. The quantitative estimate of drug-likeness (QED) is 0.828. The van der Waals surface area contributed by atoms with Gasteiger partial charge in [0.05, 0.1) is 6.04 Å². The minimum Gasteiger partial charge on any atom is -0.347 e. The Hall–Kier alpha value is -1.39. The van der Waals surface area contributed by atoms with Crippen LogP contribution in [0.1, 0.15) is 17.2 Å². The van der Waals surface area contributed by atoms with Crippen LogP contribution in [0.3, 0.4) is 0 Å². The molecule has 1 unspecified atom stereocenters. The number of piperazine rings is 1. The minimum absolute atomic E-state index is 0.359. The molecule has 3 rings (SSSR count). The van der Waals surface area contributed by atoms with Crippen LogP contribution >= 0.6 is 15.9 Å². The molecule has 1 atom stereocenters. The van der Waals surface area contributed by atoms with Gasteiger partial charge in [-0.2, -0.15) is 0 Å². The van der Waals surface area contributed by atoms with Crippen LogP contribution in [0.4, 0.5) is 5.82 Å². The number of nitrogens with zero attached hydrogens (tertiary/aromatic N) is 3. The molecule has 0 radical (unpaired) electrons. The molecule has 1 aromatic heterocycles. The molecule has 110 valence electrons. The smallest absolute Gasteiger partial charge is 0.129 e. The van der Waals surface area contributed by atoms with Crippen molar-refractivity contribution in [1.82, 2.24) is 9.88 Å². The van der Waals surface area contributed by atoms with Crippen LogP contribution in [0.25, 0.3) is 0 Å². The Morgan fingerprint density at radius 1 is 1.19 bits per heavy atom. The van der Waals surface area contributed by atoms with Crippen molar-refractivity contribution in [3.8, 4) is 0 Å². The number of aromatic nitrogens is 1. The molecule has 1 fully saturated rings. The summed E-state index contributed by atoms with van der Waals surface area (Å²) in [6.07, 6.45) is 1.91. The Morgan fingerprint density at radius 2 is 1.95 bits per heavy atom. The van der Waals surface area contributed by atoms with Crippen LogP contribution in [-0.2, 0) is 0 Å². The van der Waals surface area contributed by atoms with Gasteiger partial charge in [0.25, 0.3) is 0 Å². The van der Waals surface area contributed by atoms with Crippen molar-refractivity contribution in [1.29, 1.82) is 0 Å². The highest BCUT2D eigenvalue weighted by Crippen LogP contribution is 2.30. The number of rotatable bonds is 2. The lowest BCUT2D eigenvalue weighted by Gasteiger charge is -2.41. The molecule has 0 spiro atoms. The van der Waals surface area contributed by atoms with E-state index in [2.05, 4.69) is 81.1 Å². The van der Waals surface area contributed by atoms with Gasteiger partial charge in [0.15, 0.2) is 0 Å². The summed E-state index contributed by atoms with van der Waals surface area (Å²) in [5, 5.41) is 0. The zero-order valence-corrected chi connectivity index (χ0v) is 14.0. The molecule has 21 heavy (non-hydrogen) atoms. The van der Waals surface area contributed by atoms with E-state index in [0.717, 1.165) is 29.9 Å². The van der Waals surface area contributed by atoms with Crippen LogP contribution in [0, 0.1) is 6.92 Å². The van der Waals surface area contributed by atoms with Crippen molar-refractivity contribution in [3.05, 3.63) is 58.2 Å². The molecule has 0 saturated carbocycles. The van der Waals surface area contributed by atoms with Gasteiger partial charge in [-0.15, -0.1) is 0 Å². The van der Waals surface area contributed by atoms with Crippen LogP contribution in [0.2, 0.25) is 0 Å². The molecule has 4 heteroatoms. The lowest BCUT2D eigenvalue weighted by Crippen LogP contribution is -2.47. The Morgan fingerprint density at radius 3 is 2.67 bits per heavy atom. The van der Waals surface area contributed by atoms with E-state index in [1.807, 2.05) is 6.20 Å². The Bertz CT molecular complexity index is 615. The SMILES string of the molecule is Cc1cc(N2CCN(C)CC2c2ccccc2)ncc1Br. The maximum atomic E-state index is 4.62. The number of hydrogen-bond donors (Lipinski definition) is 0. The summed E-state index contributed by atoms with van der Waals surface area (Å²) in [6, 6.07) is 13.3. The van der Waals surface area contributed by atoms with E-state index in [1.165, 1.54) is 11.1 Å². The summed E-state index contributed by atoms with van der Waals surface area (Å²) in [4.78, 5) is 9.44. The van der Waals surface area contributed by atoms with Crippen LogP contribution in [0.15, 0.2) is 47.1 Å². The molecule has 2 heterocycles. The third kappa shape index (κ3) is 3.11. The first-order chi connectivity index (χ1) is 10.1. The number of anilines is 1. The first-order valence-electron chi connectivity index (χ1n) is 7.27. The van der Waals surface area contributed by atoms with E-state index in [4.69, 9.17) is 0 Å². The van der Waals surface area contributed by atoms with Crippen molar-refractivity contribution in [2.45, 2.75) is 13.0 Å². The lowest BCUT2D eigenvalue weighted by atomic mass is 10.0. The van der Waals surface area contributed by atoms with E-state index in [0.29, 0.717) is 6.04 Å². The monoisotopic (exact) mass is 345 g/mol. The fourth-order valence-corrected chi connectivity index (χ4v) is 3.05. The number of benzene rings is 1. The minimum atomic E-state index is 0.359. The zero-order valence-electron chi connectivity index (χ0n) is 12.5. The van der Waals surface area contributed by atoms with Gasteiger partial charge in [-0.25, -0.2) is 4.98 Å². The molecule has 0 amide bonds. The second-order valence-corrected chi connectivity index (χ2v) is 6.53. The normalized spacial score (nSPS) is 19.8. The second kappa shape index (κ2) is 6.16. The van der Waals surface area contributed by atoms with E-state index in [1.54, 1.807) is 0 Å². The maximum Gasteiger partial charge on any atom is 0.129 e. The molecular weight excluding hydrogens is 326 g/mol. The third-order valence-electron chi connectivity index (χ3n) is 4.09. The van der Waals surface area contributed by atoms with Crippen LogP contribution < -0.4 is 4.90 Å². The van der Waals surface area contributed by atoms with E-state index in [-0.39, 0.29) is 0 Å². The van der Waals surface area contributed by atoms with Gasteiger partial charge in [0.2, 0.25) is 0 Å². The highest BCUT2D eigenvalue weighted by molar-refractivity contribution is 9.10. The molecule has 0 aliphatic carbocycles. The standard InChI is InChI=1S/C17H20BrN3/c1-13-10-17(19-11-15(13)18)21-9-8-20(2)12-16(21)14-6-4-3-5-7-14/h3-7,10-11,16H,8-9,12H2,1-2H3. The molecule has 3 nitrogen and oxygen atoms in total. The number of halogens is 1. The third-order valence-corrected chi connectivity index (χ3v) is 4.92. The van der Waals surface area contributed by atoms with E-state index in [9.17, 15) is 0 Å². The Balaban J connectivity index is 1.96. The topological polar surface area (TPSA) is 19.4 Å². The van der Waals surface area contributed by atoms with E-state index >= 15 is 0 Å². The maximum absolute atomic E-state index is 4.62. The average Bonchev–Trinajstić information content (AvgIpc) is 2.51. The van der Waals surface area contributed by atoms with Crippen molar-refractivity contribution in [2.75, 3.05) is 31.6 Å². The van der Waals surface area contributed by atoms with Crippen molar-refractivity contribution in [3.63, 3.8) is 0 Å². The first kappa shape index (κ1) is 14.5. The Kier molecular flexibility index (Phi) is 4.27. The molecule has 2 aromatic rings. The van der Waals surface area contributed by atoms with Crippen molar-refractivity contribution in [2.24, 2.45) is 0 Å². The van der Waals surface area contributed by atoms with Gasteiger partial charge in [-0.05, 0) is 47.1 Å².